The third-order valence-electron chi connectivity index (χ3n) is 5.03. The Labute approximate surface area is 129 Å². The number of nitrogens with one attached hydrogen (secondary N) is 1. The van der Waals surface area contributed by atoms with Crippen LogP contribution in [0, 0.1) is 11.3 Å². The molecule has 1 aromatic carbocycles. The van der Waals surface area contributed by atoms with Gasteiger partial charge in [0.1, 0.15) is 5.75 Å². The number of anilines is 1. The third-order valence-corrected chi connectivity index (χ3v) is 5.03. The average molecular weight is 290 g/mol. The van der Waals surface area contributed by atoms with Gasteiger partial charge in [-0.2, -0.15) is 0 Å². The van der Waals surface area contributed by atoms with Crippen molar-refractivity contribution in [1.82, 2.24) is 5.32 Å². The van der Waals surface area contributed by atoms with Crippen LogP contribution in [0.25, 0.3) is 0 Å². The van der Waals surface area contributed by atoms with E-state index in [-0.39, 0.29) is 0 Å². The molecule has 1 N–H and O–H groups in total. The Hall–Kier alpha value is -1.22. The van der Waals surface area contributed by atoms with E-state index < -0.39 is 0 Å². The molecule has 2 unspecified atom stereocenters. The van der Waals surface area contributed by atoms with Gasteiger partial charge >= 0.3 is 0 Å². The number of hydrogen-bond acceptors (Lipinski definition) is 3. The predicted molar refractivity (Wildman–Crippen MR) is 90.2 cm³/mol. The highest BCUT2D eigenvalue weighted by Gasteiger charge is 2.38. The summed E-state index contributed by atoms with van der Waals surface area (Å²) in [5, 5.41) is 3.57. The minimum atomic E-state index is 0.374. The highest BCUT2D eigenvalue weighted by Crippen LogP contribution is 2.40. The second-order valence-corrected chi connectivity index (χ2v) is 6.96. The smallest absolute Gasteiger partial charge is 0.142 e. The Kier molecular flexibility index (Phi) is 5.15. The van der Waals surface area contributed by atoms with Crippen LogP contribution in [0.2, 0.25) is 0 Å². The standard InChI is InChI=1S/C18H30N2O/c1-18(2)12-8-9-14(17(18)19-3)13-20(4)15-10-6-7-11-16(15)21-5/h6-7,10-11,14,17,19H,8-9,12-13H2,1-5H3. The highest BCUT2D eigenvalue weighted by atomic mass is 16.5. The van der Waals surface area contributed by atoms with Crippen molar-refractivity contribution in [3.05, 3.63) is 24.3 Å². The van der Waals surface area contributed by atoms with Crippen LogP contribution in [-0.4, -0.2) is 33.8 Å². The van der Waals surface area contributed by atoms with Crippen LogP contribution in [0.15, 0.2) is 24.3 Å². The van der Waals surface area contributed by atoms with Gasteiger partial charge in [0.05, 0.1) is 12.8 Å². The number of para-hydroxylation sites is 2. The molecule has 0 bridgehead atoms. The van der Waals surface area contributed by atoms with Crippen LogP contribution < -0.4 is 15.0 Å². The molecule has 3 heteroatoms. The van der Waals surface area contributed by atoms with Gasteiger partial charge in [-0.3, -0.25) is 0 Å². The van der Waals surface area contributed by atoms with Crippen LogP contribution in [0.3, 0.4) is 0 Å². The third kappa shape index (κ3) is 3.52. The molecule has 3 nitrogen and oxygen atoms in total. The second kappa shape index (κ2) is 6.69. The molecule has 0 heterocycles. The largest absolute Gasteiger partial charge is 0.495 e. The Morgan fingerprint density at radius 2 is 2.05 bits per heavy atom. The molecule has 0 saturated heterocycles. The molecule has 2 atom stereocenters. The molecule has 1 aromatic rings. The lowest BCUT2D eigenvalue weighted by Crippen LogP contribution is -2.51. The average Bonchev–Trinajstić information content (AvgIpc) is 2.46. The molecule has 1 aliphatic rings. The van der Waals surface area contributed by atoms with Gasteiger partial charge in [0.25, 0.3) is 0 Å². The molecule has 0 radical (unpaired) electrons. The van der Waals surface area contributed by atoms with Crippen molar-refractivity contribution in [3.63, 3.8) is 0 Å². The molecule has 1 aliphatic carbocycles. The Bertz CT molecular complexity index is 458. The van der Waals surface area contributed by atoms with Gasteiger partial charge in [-0.05, 0) is 43.4 Å². The highest BCUT2D eigenvalue weighted by molar-refractivity contribution is 5.57. The summed E-state index contributed by atoms with van der Waals surface area (Å²) < 4.78 is 5.49. The van der Waals surface area contributed by atoms with Crippen molar-refractivity contribution < 1.29 is 4.74 Å². The molecule has 0 spiro atoms. The van der Waals surface area contributed by atoms with Gasteiger partial charge < -0.3 is 15.0 Å². The molecule has 1 saturated carbocycles. The monoisotopic (exact) mass is 290 g/mol. The lowest BCUT2D eigenvalue weighted by Gasteiger charge is -2.45. The maximum absolute atomic E-state index is 5.49. The summed E-state index contributed by atoms with van der Waals surface area (Å²) >= 11 is 0. The summed E-state index contributed by atoms with van der Waals surface area (Å²) in [5.41, 5.74) is 1.55. The fraction of sp³-hybridized carbons (Fsp3) is 0.667. The van der Waals surface area contributed by atoms with Gasteiger partial charge in [0, 0.05) is 19.6 Å². The number of hydrogen-bond donors (Lipinski definition) is 1. The molecule has 118 valence electrons. The van der Waals surface area contributed by atoms with Crippen LogP contribution in [0.5, 0.6) is 5.75 Å². The van der Waals surface area contributed by atoms with Gasteiger partial charge in [-0.1, -0.05) is 32.4 Å². The van der Waals surface area contributed by atoms with E-state index in [4.69, 9.17) is 4.74 Å². The summed E-state index contributed by atoms with van der Waals surface area (Å²) in [6, 6.07) is 8.85. The maximum atomic E-state index is 5.49. The summed E-state index contributed by atoms with van der Waals surface area (Å²) in [4.78, 5) is 2.34. The lowest BCUT2D eigenvalue weighted by atomic mass is 9.68. The second-order valence-electron chi connectivity index (χ2n) is 6.96. The van der Waals surface area contributed by atoms with Gasteiger partial charge in [-0.15, -0.1) is 0 Å². The molecular weight excluding hydrogens is 260 g/mol. The van der Waals surface area contributed by atoms with Crippen molar-refractivity contribution in [2.75, 3.05) is 32.6 Å². The first-order chi connectivity index (χ1) is 9.99. The van der Waals surface area contributed by atoms with Crippen LogP contribution in [0.4, 0.5) is 5.69 Å². The first kappa shape index (κ1) is 16.2. The first-order valence-corrected chi connectivity index (χ1v) is 8.01. The van der Waals surface area contributed by atoms with E-state index in [1.54, 1.807) is 7.11 Å². The Morgan fingerprint density at radius 3 is 2.71 bits per heavy atom. The van der Waals surface area contributed by atoms with Gasteiger partial charge in [-0.25, -0.2) is 0 Å². The van der Waals surface area contributed by atoms with E-state index in [1.165, 1.54) is 24.9 Å². The van der Waals surface area contributed by atoms with E-state index in [9.17, 15) is 0 Å². The molecule has 21 heavy (non-hydrogen) atoms. The molecule has 1 fully saturated rings. The van der Waals surface area contributed by atoms with Crippen molar-refractivity contribution >= 4 is 5.69 Å². The maximum Gasteiger partial charge on any atom is 0.142 e. The van der Waals surface area contributed by atoms with Crippen LogP contribution in [-0.2, 0) is 0 Å². The summed E-state index contributed by atoms with van der Waals surface area (Å²) in [6.07, 6.45) is 3.94. The van der Waals surface area contributed by atoms with Crippen molar-refractivity contribution in [2.45, 2.75) is 39.2 Å². The fourth-order valence-corrected chi connectivity index (χ4v) is 4.00. The SMILES string of the molecule is CNC1C(CN(C)c2ccccc2OC)CCCC1(C)C. The minimum absolute atomic E-state index is 0.374. The number of nitrogens with zero attached hydrogens (tertiary/aromatic N) is 1. The zero-order valence-corrected chi connectivity index (χ0v) is 14.1. The molecule has 0 amide bonds. The first-order valence-electron chi connectivity index (χ1n) is 8.01. The predicted octanol–water partition coefficient (Wildman–Crippen LogP) is 3.55. The number of methoxy groups -OCH3 is 1. The van der Waals surface area contributed by atoms with Crippen molar-refractivity contribution in [3.8, 4) is 5.75 Å². The fourth-order valence-electron chi connectivity index (χ4n) is 4.00. The topological polar surface area (TPSA) is 24.5 Å². The van der Waals surface area contributed by atoms with E-state index in [2.05, 4.69) is 50.3 Å². The molecule has 0 aliphatic heterocycles. The molecular formula is C18H30N2O. The normalized spacial score (nSPS) is 24.6. The number of ether oxygens (including phenoxy) is 1. The van der Waals surface area contributed by atoms with E-state index in [0.717, 1.165) is 12.3 Å². The Morgan fingerprint density at radius 1 is 1.33 bits per heavy atom. The quantitative estimate of drug-likeness (QED) is 0.897. The van der Waals surface area contributed by atoms with E-state index in [0.29, 0.717) is 17.4 Å². The number of rotatable bonds is 5. The summed E-state index contributed by atoms with van der Waals surface area (Å²) in [7, 11) is 6.02. The summed E-state index contributed by atoms with van der Waals surface area (Å²) in [5.74, 6) is 1.63. The molecule has 2 rings (SSSR count). The van der Waals surface area contributed by atoms with Crippen molar-refractivity contribution in [1.29, 1.82) is 0 Å². The van der Waals surface area contributed by atoms with Gasteiger partial charge in [0.2, 0.25) is 0 Å². The Balaban J connectivity index is 2.12. The van der Waals surface area contributed by atoms with Gasteiger partial charge in [0.15, 0.2) is 0 Å². The summed E-state index contributed by atoms with van der Waals surface area (Å²) in [6.45, 7) is 5.85. The van der Waals surface area contributed by atoms with E-state index >= 15 is 0 Å². The zero-order chi connectivity index (χ0) is 15.5. The van der Waals surface area contributed by atoms with Crippen LogP contribution >= 0.6 is 0 Å². The van der Waals surface area contributed by atoms with Crippen LogP contribution in [0.1, 0.15) is 33.1 Å². The number of benzene rings is 1. The minimum Gasteiger partial charge on any atom is -0.495 e. The molecule has 0 aromatic heterocycles. The zero-order valence-electron chi connectivity index (χ0n) is 14.1. The lowest BCUT2D eigenvalue weighted by molar-refractivity contribution is 0.118. The van der Waals surface area contributed by atoms with E-state index in [1.807, 2.05) is 12.1 Å². The van der Waals surface area contributed by atoms with Crippen molar-refractivity contribution in [2.24, 2.45) is 11.3 Å².